The molecule has 1 saturated carbocycles. The summed E-state index contributed by atoms with van der Waals surface area (Å²) in [5.41, 5.74) is 13.0. The van der Waals surface area contributed by atoms with E-state index in [4.69, 9.17) is 21.1 Å². The topological polar surface area (TPSA) is 150 Å². The van der Waals surface area contributed by atoms with Crippen molar-refractivity contribution in [3.8, 4) is 0 Å². The molecule has 0 aromatic rings. The van der Waals surface area contributed by atoms with Crippen LogP contribution >= 0.6 is 0 Å². The first-order chi connectivity index (χ1) is 10.7. The molecule has 23 heavy (non-hydrogen) atoms. The van der Waals surface area contributed by atoms with E-state index in [9.17, 15) is 9.59 Å². The molecule has 9 heteroatoms. The number of carbonyl (C=O) groups excluding carboxylic acids is 1. The lowest BCUT2D eigenvalue weighted by atomic mass is 9.97. The standard InChI is InChI=1S/C8H14N4O4.C6H13N/c1-8(2,3)16-7(15)11-5(6(13)14)4-10-12-9;7-6-4-2-1-3-5-6/h5H,4H2,1-3H3,(H,11,15)(H,13,14);6H,1-5,7H2/t5-;/m0./s1. The Labute approximate surface area is 136 Å². The minimum absolute atomic E-state index is 0.370. The molecule has 0 bridgehead atoms. The van der Waals surface area contributed by atoms with Crippen LogP contribution in [0.2, 0.25) is 0 Å². The quantitative estimate of drug-likeness (QED) is 0.411. The van der Waals surface area contributed by atoms with Crippen LogP contribution in [0, 0.1) is 0 Å². The summed E-state index contributed by atoms with van der Waals surface area (Å²) in [6.07, 6.45) is 5.80. The van der Waals surface area contributed by atoms with Crippen molar-refractivity contribution in [2.75, 3.05) is 6.54 Å². The van der Waals surface area contributed by atoms with Gasteiger partial charge in [-0.2, -0.15) is 0 Å². The van der Waals surface area contributed by atoms with Crippen LogP contribution in [0.1, 0.15) is 52.9 Å². The summed E-state index contributed by atoms with van der Waals surface area (Å²) in [7, 11) is 0. The first kappa shape index (κ1) is 21.0. The number of hydrogen-bond donors (Lipinski definition) is 3. The van der Waals surface area contributed by atoms with Gasteiger partial charge in [0.2, 0.25) is 0 Å². The van der Waals surface area contributed by atoms with Gasteiger partial charge in [0.15, 0.2) is 0 Å². The molecule has 0 heterocycles. The third kappa shape index (κ3) is 12.3. The number of hydrogen-bond acceptors (Lipinski definition) is 5. The minimum atomic E-state index is -1.29. The fourth-order valence-electron chi connectivity index (χ4n) is 1.89. The van der Waals surface area contributed by atoms with E-state index in [0.29, 0.717) is 6.04 Å². The van der Waals surface area contributed by atoms with Gasteiger partial charge in [0.1, 0.15) is 11.6 Å². The lowest BCUT2D eigenvalue weighted by Crippen LogP contribution is -2.45. The molecule has 1 aliphatic carbocycles. The number of alkyl carbamates (subject to hydrolysis) is 1. The molecule has 1 atom stereocenters. The van der Waals surface area contributed by atoms with E-state index in [-0.39, 0.29) is 6.54 Å². The molecule has 9 nitrogen and oxygen atoms in total. The molecule has 1 aliphatic rings. The number of nitrogens with zero attached hydrogens (tertiary/aromatic N) is 3. The molecule has 0 saturated heterocycles. The normalized spacial score (nSPS) is 16.2. The highest BCUT2D eigenvalue weighted by Crippen LogP contribution is 2.14. The van der Waals surface area contributed by atoms with Crippen LogP contribution < -0.4 is 11.1 Å². The van der Waals surface area contributed by atoms with E-state index in [0.717, 1.165) is 0 Å². The number of carboxylic acids is 1. The Balaban J connectivity index is 0.000000568. The van der Waals surface area contributed by atoms with E-state index in [1.165, 1.54) is 32.1 Å². The molecule has 0 unspecified atom stereocenters. The molecule has 0 spiro atoms. The lowest BCUT2D eigenvalue weighted by molar-refractivity contribution is -0.139. The van der Waals surface area contributed by atoms with Gasteiger partial charge in [0.05, 0.1) is 6.54 Å². The number of nitrogens with one attached hydrogen (secondary N) is 1. The van der Waals surface area contributed by atoms with Gasteiger partial charge in [0.25, 0.3) is 0 Å². The molecule has 4 N–H and O–H groups in total. The summed E-state index contributed by atoms with van der Waals surface area (Å²) < 4.78 is 4.85. The zero-order chi connectivity index (χ0) is 17.9. The summed E-state index contributed by atoms with van der Waals surface area (Å²) in [4.78, 5) is 24.3. The number of nitrogens with two attached hydrogens (primary N) is 1. The van der Waals surface area contributed by atoms with Crippen LogP contribution in [0.15, 0.2) is 5.11 Å². The summed E-state index contributed by atoms with van der Waals surface area (Å²) in [6, 6.07) is -0.750. The van der Waals surface area contributed by atoms with Crippen LogP contribution in [-0.4, -0.2) is 41.4 Å². The molecule has 1 amide bonds. The first-order valence-electron chi connectivity index (χ1n) is 7.64. The molecule has 0 aliphatic heterocycles. The molecule has 132 valence electrons. The monoisotopic (exact) mass is 329 g/mol. The summed E-state index contributed by atoms with van der Waals surface area (Å²) in [5, 5.41) is 13.8. The van der Waals surface area contributed by atoms with Gasteiger partial charge >= 0.3 is 12.1 Å². The van der Waals surface area contributed by atoms with Crippen molar-refractivity contribution in [2.24, 2.45) is 10.8 Å². The molecular formula is C14H27N5O4. The number of azide groups is 1. The Morgan fingerprint density at radius 3 is 2.30 bits per heavy atom. The average molecular weight is 329 g/mol. The number of carbonyl (C=O) groups is 2. The van der Waals surface area contributed by atoms with Crippen LogP contribution in [0.4, 0.5) is 4.79 Å². The van der Waals surface area contributed by atoms with Gasteiger partial charge in [-0.3, -0.25) is 0 Å². The maximum absolute atomic E-state index is 11.2. The molecule has 1 fully saturated rings. The SMILES string of the molecule is CC(C)(C)OC(=O)N[C@@H](CN=[N+]=[N-])C(=O)O.NC1CCCCC1. The van der Waals surface area contributed by atoms with E-state index in [1.807, 2.05) is 0 Å². The second-order valence-corrected chi connectivity index (χ2v) is 6.35. The van der Waals surface area contributed by atoms with Crippen LogP contribution in [-0.2, 0) is 9.53 Å². The number of ether oxygens (including phenoxy) is 1. The van der Waals surface area contributed by atoms with Crippen molar-refractivity contribution in [1.82, 2.24) is 5.32 Å². The van der Waals surface area contributed by atoms with Gasteiger partial charge in [-0.1, -0.05) is 24.4 Å². The highest BCUT2D eigenvalue weighted by Gasteiger charge is 2.23. The average Bonchev–Trinajstić information content (AvgIpc) is 2.42. The van der Waals surface area contributed by atoms with Crippen molar-refractivity contribution < 1.29 is 19.4 Å². The molecule has 0 aromatic heterocycles. The molecule has 0 aromatic carbocycles. The van der Waals surface area contributed by atoms with Gasteiger partial charge in [-0.25, -0.2) is 9.59 Å². The van der Waals surface area contributed by atoms with Crippen molar-refractivity contribution >= 4 is 12.1 Å². The van der Waals surface area contributed by atoms with E-state index in [2.05, 4.69) is 15.3 Å². The van der Waals surface area contributed by atoms with Crippen molar-refractivity contribution in [1.29, 1.82) is 0 Å². The van der Waals surface area contributed by atoms with Crippen molar-refractivity contribution in [2.45, 2.75) is 70.6 Å². The van der Waals surface area contributed by atoms with Gasteiger partial charge < -0.3 is 20.9 Å². The Hall–Kier alpha value is -1.99. The Kier molecular flexibility index (Phi) is 9.76. The van der Waals surface area contributed by atoms with E-state index < -0.39 is 23.7 Å². The second kappa shape index (κ2) is 10.7. The van der Waals surface area contributed by atoms with Crippen molar-refractivity contribution in [3.05, 3.63) is 10.4 Å². The van der Waals surface area contributed by atoms with E-state index in [1.54, 1.807) is 20.8 Å². The van der Waals surface area contributed by atoms with Crippen LogP contribution in [0.25, 0.3) is 10.4 Å². The van der Waals surface area contributed by atoms with Crippen LogP contribution in [0.5, 0.6) is 0 Å². The van der Waals surface area contributed by atoms with E-state index >= 15 is 0 Å². The summed E-state index contributed by atoms with van der Waals surface area (Å²) in [6.45, 7) is 4.58. The highest BCUT2D eigenvalue weighted by molar-refractivity contribution is 5.80. The predicted octanol–water partition coefficient (Wildman–Crippen LogP) is 2.55. The van der Waals surface area contributed by atoms with Crippen molar-refractivity contribution in [3.63, 3.8) is 0 Å². The fraction of sp³-hybridized carbons (Fsp3) is 0.857. The maximum atomic E-state index is 11.2. The highest BCUT2D eigenvalue weighted by atomic mass is 16.6. The number of amides is 1. The fourth-order valence-corrected chi connectivity index (χ4v) is 1.89. The third-order valence-electron chi connectivity index (χ3n) is 2.97. The largest absolute Gasteiger partial charge is 0.480 e. The number of rotatable bonds is 4. The molecule has 0 radical (unpaired) electrons. The maximum Gasteiger partial charge on any atom is 0.408 e. The Morgan fingerprint density at radius 2 is 1.96 bits per heavy atom. The summed E-state index contributed by atoms with van der Waals surface area (Å²) >= 11 is 0. The first-order valence-corrected chi connectivity index (χ1v) is 7.64. The second-order valence-electron chi connectivity index (χ2n) is 6.35. The molecule has 1 rings (SSSR count). The van der Waals surface area contributed by atoms with Gasteiger partial charge in [-0.05, 0) is 39.1 Å². The third-order valence-corrected chi connectivity index (χ3v) is 2.97. The van der Waals surface area contributed by atoms with Crippen LogP contribution in [0.3, 0.4) is 0 Å². The zero-order valence-corrected chi connectivity index (χ0v) is 14.0. The molecular weight excluding hydrogens is 302 g/mol. The Bertz CT molecular complexity index is 423. The predicted molar refractivity (Wildman–Crippen MR) is 85.9 cm³/mol. The van der Waals surface area contributed by atoms with Gasteiger partial charge in [-0.15, -0.1) is 0 Å². The minimum Gasteiger partial charge on any atom is -0.480 e. The number of carboxylic acid groups (broad SMARTS) is 1. The summed E-state index contributed by atoms with van der Waals surface area (Å²) in [5.74, 6) is -1.29. The zero-order valence-electron chi connectivity index (χ0n) is 14.0. The van der Waals surface area contributed by atoms with Gasteiger partial charge in [0, 0.05) is 11.0 Å². The Morgan fingerprint density at radius 1 is 1.39 bits per heavy atom. The smallest absolute Gasteiger partial charge is 0.408 e. The number of aliphatic carboxylic acids is 1. The lowest BCUT2D eigenvalue weighted by Gasteiger charge is -2.21.